The maximum atomic E-state index is 12.5. The third-order valence-corrected chi connectivity index (χ3v) is 5.06. The van der Waals surface area contributed by atoms with Crippen LogP contribution in [0, 0.1) is 13.8 Å². The molecule has 0 saturated carbocycles. The Morgan fingerprint density at radius 2 is 1.71 bits per heavy atom. The molecule has 0 spiro atoms. The van der Waals surface area contributed by atoms with Crippen LogP contribution in [0.4, 0.5) is 0 Å². The van der Waals surface area contributed by atoms with Gasteiger partial charge in [-0.2, -0.15) is 0 Å². The summed E-state index contributed by atoms with van der Waals surface area (Å²) in [5.41, 5.74) is 2.97. The molecule has 1 aromatic carbocycles. The molecule has 0 fully saturated rings. The standard InChI is InChI=1S/C21H24N2O5/c1-12-11-27-17-9-18-16(8-15(12)17)13(2)14(21(26)28-18)6-7-19(24)23(5)10-20(25)22(3)4/h8-9,11H,6-7,10H2,1-5H3. The average Bonchev–Trinajstić information content (AvgIpc) is 2.99. The van der Waals surface area contributed by atoms with E-state index in [-0.39, 0.29) is 31.2 Å². The van der Waals surface area contributed by atoms with Gasteiger partial charge in [0, 0.05) is 50.0 Å². The Bertz CT molecular complexity index is 1120. The Balaban J connectivity index is 1.85. The fourth-order valence-corrected chi connectivity index (χ4v) is 3.18. The van der Waals surface area contributed by atoms with Crippen molar-refractivity contribution in [3.05, 3.63) is 45.5 Å². The number of hydrogen-bond donors (Lipinski definition) is 0. The molecule has 0 bridgehead atoms. The Morgan fingerprint density at radius 1 is 1.00 bits per heavy atom. The van der Waals surface area contributed by atoms with Gasteiger partial charge in [0.05, 0.1) is 12.8 Å². The second-order valence-corrected chi connectivity index (χ2v) is 7.29. The highest BCUT2D eigenvalue weighted by molar-refractivity contribution is 5.96. The maximum Gasteiger partial charge on any atom is 0.339 e. The molecule has 2 amide bonds. The van der Waals surface area contributed by atoms with Gasteiger partial charge in [-0.25, -0.2) is 4.79 Å². The molecule has 0 unspecified atom stereocenters. The minimum absolute atomic E-state index is 0.00882. The first-order valence-electron chi connectivity index (χ1n) is 9.07. The lowest BCUT2D eigenvalue weighted by Crippen LogP contribution is -2.38. The molecule has 2 aromatic heterocycles. The second-order valence-electron chi connectivity index (χ2n) is 7.29. The van der Waals surface area contributed by atoms with Gasteiger partial charge in [-0.15, -0.1) is 0 Å². The summed E-state index contributed by atoms with van der Waals surface area (Å²) in [6.45, 7) is 3.82. The van der Waals surface area contributed by atoms with Crippen molar-refractivity contribution >= 4 is 33.8 Å². The van der Waals surface area contributed by atoms with Crippen molar-refractivity contribution in [1.29, 1.82) is 0 Å². The molecule has 0 aliphatic rings. The number of hydrogen-bond acceptors (Lipinski definition) is 5. The molecule has 28 heavy (non-hydrogen) atoms. The lowest BCUT2D eigenvalue weighted by atomic mass is 10.0. The largest absolute Gasteiger partial charge is 0.464 e. The van der Waals surface area contributed by atoms with Crippen molar-refractivity contribution in [2.75, 3.05) is 27.7 Å². The average molecular weight is 384 g/mol. The second kappa shape index (κ2) is 7.50. The summed E-state index contributed by atoms with van der Waals surface area (Å²) in [5.74, 6) is -0.355. The number of carbonyl (C=O) groups excluding carboxylic acids is 2. The first-order valence-corrected chi connectivity index (χ1v) is 9.07. The van der Waals surface area contributed by atoms with Crippen LogP contribution in [0.1, 0.15) is 23.1 Å². The van der Waals surface area contributed by atoms with Gasteiger partial charge in [0.2, 0.25) is 11.8 Å². The minimum Gasteiger partial charge on any atom is -0.464 e. The molecular formula is C21H24N2O5. The molecule has 2 heterocycles. The highest BCUT2D eigenvalue weighted by atomic mass is 16.4. The number of aryl methyl sites for hydroxylation is 2. The third kappa shape index (κ3) is 3.65. The molecule has 0 aliphatic heterocycles. The number of nitrogens with zero attached hydrogens (tertiary/aromatic N) is 2. The number of benzene rings is 1. The van der Waals surface area contributed by atoms with Crippen LogP contribution in [0.15, 0.2) is 32.0 Å². The molecule has 0 aliphatic carbocycles. The Hall–Kier alpha value is -3.09. The summed E-state index contributed by atoms with van der Waals surface area (Å²) in [7, 11) is 4.86. The van der Waals surface area contributed by atoms with E-state index in [0.29, 0.717) is 16.7 Å². The number of likely N-dealkylation sites (N-methyl/N-ethyl adjacent to an activating group) is 2. The van der Waals surface area contributed by atoms with Crippen LogP contribution in [-0.2, 0) is 16.0 Å². The molecule has 0 radical (unpaired) electrons. The quantitative estimate of drug-likeness (QED) is 0.632. The highest BCUT2D eigenvalue weighted by Gasteiger charge is 2.18. The van der Waals surface area contributed by atoms with E-state index in [1.807, 2.05) is 19.9 Å². The van der Waals surface area contributed by atoms with E-state index in [4.69, 9.17) is 8.83 Å². The molecule has 7 nitrogen and oxygen atoms in total. The van der Waals surface area contributed by atoms with Crippen LogP contribution in [0.3, 0.4) is 0 Å². The molecule has 3 aromatic rings. The molecular weight excluding hydrogens is 360 g/mol. The van der Waals surface area contributed by atoms with Gasteiger partial charge in [-0.3, -0.25) is 9.59 Å². The van der Waals surface area contributed by atoms with Crippen molar-refractivity contribution in [2.45, 2.75) is 26.7 Å². The van der Waals surface area contributed by atoms with Crippen LogP contribution in [0.5, 0.6) is 0 Å². The summed E-state index contributed by atoms with van der Waals surface area (Å²) >= 11 is 0. The van der Waals surface area contributed by atoms with Crippen molar-refractivity contribution in [1.82, 2.24) is 9.80 Å². The number of carbonyl (C=O) groups is 2. The Morgan fingerprint density at radius 3 is 2.39 bits per heavy atom. The number of furan rings is 1. The van der Waals surface area contributed by atoms with E-state index in [0.717, 1.165) is 21.9 Å². The van der Waals surface area contributed by atoms with E-state index in [1.165, 1.54) is 9.80 Å². The van der Waals surface area contributed by atoms with Gasteiger partial charge in [-0.1, -0.05) is 0 Å². The smallest absolute Gasteiger partial charge is 0.339 e. The zero-order valence-electron chi connectivity index (χ0n) is 16.8. The SMILES string of the molecule is Cc1coc2cc3oc(=O)c(CCC(=O)N(C)CC(=O)N(C)C)c(C)c3cc12. The number of amides is 2. The molecule has 0 atom stereocenters. The summed E-state index contributed by atoms with van der Waals surface area (Å²) in [6.07, 6.45) is 2.05. The highest BCUT2D eigenvalue weighted by Crippen LogP contribution is 2.29. The van der Waals surface area contributed by atoms with Crippen molar-refractivity contribution in [3.8, 4) is 0 Å². The molecule has 0 saturated heterocycles. The van der Waals surface area contributed by atoms with Gasteiger partial charge >= 0.3 is 5.63 Å². The summed E-state index contributed by atoms with van der Waals surface area (Å²) in [5, 5.41) is 1.79. The van der Waals surface area contributed by atoms with Crippen LogP contribution < -0.4 is 5.63 Å². The Labute approximate surface area is 162 Å². The van der Waals surface area contributed by atoms with E-state index in [9.17, 15) is 14.4 Å². The number of rotatable bonds is 5. The van der Waals surface area contributed by atoms with Crippen LogP contribution >= 0.6 is 0 Å². The molecule has 148 valence electrons. The van der Waals surface area contributed by atoms with E-state index < -0.39 is 5.63 Å². The zero-order chi connectivity index (χ0) is 20.6. The lowest BCUT2D eigenvalue weighted by molar-refractivity contribution is -0.137. The first-order chi connectivity index (χ1) is 13.2. The first kappa shape index (κ1) is 19.7. The van der Waals surface area contributed by atoms with Crippen molar-refractivity contribution in [2.24, 2.45) is 0 Å². The summed E-state index contributed by atoms with van der Waals surface area (Å²) in [4.78, 5) is 39.4. The van der Waals surface area contributed by atoms with Crippen LogP contribution in [0.2, 0.25) is 0 Å². The van der Waals surface area contributed by atoms with Gasteiger partial charge < -0.3 is 18.6 Å². The van der Waals surface area contributed by atoms with E-state index in [1.54, 1.807) is 33.5 Å². The summed E-state index contributed by atoms with van der Waals surface area (Å²) < 4.78 is 11.0. The molecule has 0 N–H and O–H groups in total. The predicted octanol–water partition coefficient (Wildman–Crippen LogP) is 2.64. The molecule has 7 heteroatoms. The van der Waals surface area contributed by atoms with E-state index >= 15 is 0 Å². The predicted molar refractivity (Wildman–Crippen MR) is 106 cm³/mol. The van der Waals surface area contributed by atoms with Crippen LogP contribution in [-0.4, -0.2) is 49.3 Å². The maximum absolute atomic E-state index is 12.5. The fraction of sp³-hybridized carbons (Fsp3) is 0.381. The zero-order valence-corrected chi connectivity index (χ0v) is 16.8. The topological polar surface area (TPSA) is 84.0 Å². The van der Waals surface area contributed by atoms with Crippen molar-refractivity contribution in [3.63, 3.8) is 0 Å². The van der Waals surface area contributed by atoms with Crippen LogP contribution in [0.25, 0.3) is 21.9 Å². The van der Waals surface area contributed by atoms with Crippen molar-refractivity contribution < 1.29 is 18.4 Å². The molecule has 3 rings (SSSR count). The Kier molecular flexibility index (Phi) is 5.27. The van der Waals surface area contributed by atoms with E-state index in [2.05, 4.69) is 0 Å². The fourth-order valence-electron chi connectivity index (χ4n) is 3.18. The minimum atomic E-state index is -0.451. The van der Waals surface area contributed by atoms with Gasteiger partial charge in [0.15, 0.2) is 0 Å². The number of fused-ring (bicyclic) bond motifs is 2. The van der Waals surface area contributed by atoms with Gasteiger partial charge in [0.25, 0.3) is 0 Å². The third-order valence-electron chi connectivity index (χ3n) is 5.06. The van der Waals surface area contributed by atoms with Gasteiger partial charge in [0.1, 0.15) is 11.2 Å². The lowest BCUT2D eigenvalue weighted by Gasteiger charge is -2.19. The summed E-state index contributed by atoms with van der Waals surface area (Å²) in [6, 6.07) is 3.68. The monoisotopic (exact) mass is 384 g/mol. The van der Waals surface area contributed by atoms with Gasteiger partial charge in [-0.05, 0) is 37.5 Å². The normalized spacial score (nSPS) is 11.2.